The van der Waals surface area contributed by atoms with Crippen molar-refractivity contribution in [2.45, 2.75) is 26.4 Å². The summed E-state index contributed by atoms with van der Waals surface area (Å²) in [6.07, 6.45) is 0. The van der Waals surface area contributed by atoms with Gasteiger partial charge in [0.05, 0.1) is 6.54 Å². The van der Waals surface area contributed by atoms with E-state index in [0.717, 1.165) is 5.75 Å². The maximum absolute atomic E-state index is 11.2. The van der Waals surface area contributed by atoms with Gasteiger partial charge in [-0.15, -0.1) is 0 Å². The molecule has 0 unspecified atom stereocenters. The Morgan fingerprint density at radius 1 is 1.27 bits per heavy atom. The zero-order chi connectivity index (χ0) is 11.5. The molecule has 0 radical (unpaired) electrons. The molecule has 0 saturated carbocycles. The molecule has 82 valence electrons. The van der Waals surface area contributed by atoms with E-state index < -0.39 is 0 Å². The maximum atomic E-state index is 11.2. The van der Waals surface area contributed by atoms with Crippen LogP contribution in [-0.4, -0.2) is 17.9 Å². The molecule has 3 nitrogen and oxygen atoms in total. The number of hydrogen-bond donors (Lipinski definition) is 1. The molecule has 0 aliphatic carbocycles. The number of rotatable bonds is 3. The van der Waals surface area contributed by atoms with Gasteiger partial charge in [-0.1, -0.05) is 0 Å². The first-order valence-electron chi connectivity index (χ1n) is 4.95. The fourth-order valence-electron chi connectivity index (χ4n) is 1.18. The zero-order valence-corrected chi connectivity index (χ0v) is 9.41. The van der Waals surface area contributed by atoms with Gasteiger partial charge >= 0.3 is 0 Å². The summed E-state index contributed by atoms with van der Waals surface area (Å²) in [6, 6.07) is 7.04. The molecule has 0 atom stereocenters. The van der Waals surface area contributed by atoms with Gasteiger partial charge in [0, 0.05) is 5.56 Å². The topological polar surface area (TPSA) is 52.3 Å². The van der Waals surface area contributed by atoms with Gasteiger partial charge in [0.1, 0.15) is 11.4 Å². The first-order valence-corrected chi connectivity index (χ1v) is 4.95. The summed E-state index contributed by atoms with van der Waals surface area (Å²) in [6.45, 7) is 5.98. The second kappa shape index (κ2) is 4.45. The molecular formula is C12H17NO2. The summed E-state index contributed by atoms with van der Waals surface area (Å²) in [5, 5.41) is 0. The molecule has 0 aliphatic heterocycles. The third-order valence-corrected chi connectivity index (χ3v) is 1.79. The molecule has 1 rings (SSSR count). The molecule has 0 spiro atoms. The smallest absolute Gasteiger partial charge is 0.176 e. The molecule has 0 saturated heterocycles. The molecular weight excluding hydrogens is 190 g/mol. The van der Waals surface area contributed by atoms with E-state index in [2.05, 4.69) is 0 Å². The molecule has 0 heterocycles. The summed E-state index contributed by atoms with van der Waals surface area (Å²) in [5.41, 5.74) is 5.66. The van der Waals surface area contributed by atoms with Gasteiger partial charge in [0.25, 0.3) is 0 Å². The Hall–Kier alpha value is -1.35. The maximum Gasteiger partial charge on any atom is 0.176 e. The SMILES string of the molecule is CC(C)(C)Oc1ccc(C(=O)CN)cc1. The van der Waals surface area contributed by atoms with E-state index in [1.807, 2.05) is 20.8 Å². The Balaban J connectivity index is 2.77. The molecule has 3 heteroatoms. The zero-order valence-electron chi connectivity index (χ0n) is 9.41. The van der Waals surface area contributed by atoms with Gasteiger partial charge in [0.2, 0.25) is 0 Å². The highest BCUT2D eigenvalue weighted by molar-refractivity contribution is 5.97. The predicted octanol–water partition coefficient (Wildman–Crippen LogP) is 2.01. The van der Waals surface area contributed by atoms with E-state index in [4.69, 9.17) is 10.5 Å². The standard InChI is InChI=1S/C12H17NO2/c1-12(2,3)15-10-6-4-9(5-7-10)11(14)8-13/h4-7H,8,13H2,1-3H3. The van der Waals surface area contributed by atoms with Crippen LogP contribution >= 0.6 is 0 Å². The highest BCUT2D eigenvalue weighted by Gasteiger charge is 2.11. The van der Waals surface area contributed by atoms with Gasteiger partial charge in [-0.2, -0.15) is 0 Å². The van der Waals surface area contributed by atoms with Crippen LogP contribution in [0.15, 0.2) is 24.3 Å². The van der Waals surface area contributed by atoms with Crippen LogP contribution in [0.5, 0.6) is 5.75 Å². The van der Waals surface area contributed by atoms with Crippen LogP contribution < -0.4 is 10.5 Å². The van der Waals surface area contributed by atoms with Crippen molar-refractivity contribution < 1.29 is 9.53 Å². The minimum Gasteiger partial charge on any atom is -0.488 e. The fraction of sp³-hybridized carbons (Fsp3) is 0.417. The highest BCUT2D eigenvalue weighted by Crippen LogP contribution is 2.18. The average Bonchev–Trinajstić information content (AvgIpc) is 2.15. The van der Waals surface area contributed by atoms with Crippen LogP contribution in [0.1, 0.15) is 31.1 Å². The van der Waals surface area contributed by atoms with Crippen LogP contribution in [-0.2, 0) is 0 Å². The highest BCUT2D eigenvalue weighted by atomic mass is 16.5. The number of ether oxygens (including phenoxy) is 1. The number of carbonyl (C=O) groups excluding carboxylic acids is 1. The monoisotopic (exact) mass is 207 g/mol. The molecule has 1 aromatic carbocycles. The normalized spacial score (nSPS) is 11.2. The summed E-state index contributed by atoms with van der Waals surface area (Å²) < 4.78 is 5.63. The van der Waals surface area contributed by atoms with Gasteiger partial charge in [-0.25, -0.2) is 0 Å². The minimum atomic E-state index is -0.223. The number of carbonyl (C=O) groups is 1. The predicted molar refractivity (Wildman–Crippen MR) is 60.2 cm³/mol. The molecule has 2 N–H and O–H groups in total. The van der Waals surface area contributed by atoms with E-state index in [1.54, 1.807) is 24.3 Å². The van der Waals surface area contributed by atoms with Crippen LogP contribution in [0.25, 0.3) is 0 Å². The summed E-state index contributed by atoms with van der Waals surface area (Å²) >= 11 is 0. The molecule has 0 fully saturated rings. The molecule has 0 aromatic heterocycles. The third-order valence-electron chi connectivity index (χ3n) is 1.79. The fourth-order valence-corrected chi connectivity index (χ4v) is 1.18. The summed E-state index contributed by atoms with van der Waals surface area (Å²) in [4.78, 5) is 11.2. The Morgan fingerprint density at radius 2 is 1.80 bits per heavy atom. The van der Waals surface area contributed by atoms with Gasteiger partial charge in [0.15, 0.2) is 5.78 Å². The lowest BCUT2D eigenvalue weighted by Crippen LogP contribution is -2.23. The van der Waals surface area contributed by atoms with Crippen LogP contribution in [0.4, 0.5) is 0 Å². The van der Waals surface area contributed by atoms with E-state index in [0.29, 0.717) is 5.56 Å². The molecule has 15 heavy (non-hydrogen) atoms. The molecule has 0 bridgehead atoms. The second-order valence-corrected chi connectivity index (χ2v) is 4.37. The van der Waals surface area contributed by atoms with Crippen LogP contribution in [0, 0.1) is 0 Å². The van der Waals surface area contributed by atoms with Crippen molar-refractivity contribution in [3.05, 3.63) is 29.8 Å². The van der Waals surface area contributed by atoms with Crippen LogP contribution in [0.2, 0.25) is 0 Å². The lowest BCUT2D eigenvalue weighted by atomic mass is 10.1. The van der Waals surface area contributed by atoms with Gasteiger partial charge in [-0.3, -0.25) is 4.79 Å². The van der Waals surface area contributed by atoms with E-state index in [9.17, 15) is 4.79 Å². The Labute approximate surface area is 90.2 Å². The molecule has 0 aliphatic rings. The summed E-state index contributed by atoms with van der Waals surface area (Å²) in [7, 11) is 0. The first kappa shape index (κ1) is 11.7. The Morgan fingerprint density at radius 3 is 2.20 bits per heavy atom. The number of Topliss-reactive ketones (excluding diaryl/α,β-unsaturated/α-hetero) is 1. The minimum absolute atomic E-state index is 0.0411. The quantitative estimate of drug-likeness (QED) is 0.771. The molecule has 1 aromatic rings. The van der Waals surface area contributed by atoms with Gasteiger partial charge < -0.3 is 10.5 Å². The van der Waals surface area contributed by atoms with E-state index in [1.165, 1.54) is 0 Å². The molecule has 0 amide bonds. The lowest BCUT2D eigenvalue weighted by molar-refractivity contribution is 0.100. The Bertz CT molecular complexity index is 336. The van der Waals surface area contributed by atoms with Crippen molar-refractivity contribution in [3.8, 4) is 5.75 Å². The van der Waals surface area contributed by atoms with Crippen molar-refractivity contribution in [2.75, 3.05) is 6.54 Å². The average molecular weight is 207 g/mol. The summed E-state index contributed by atoms with van der Waals surface area (Å²) in [5.74, 6) is 0.702. The van der Waals surface area contributed by atoms with Crippen molar-refractivity contribution >= 4 is 5.78 Å². The number of nitrogens with two attached hydrogens (primary N) is 1. The van der Waals surface area contributed by atoms with E-state index >= 15 is 0 Å². The number of benzene rings is 1. The third kappa shape index (κ3) is 3.72. The largest absolute Gasteiger partial charge is 0.488 e. The van der Waals surface area contributed by atoms with Gasteiger partial charge in [-0.05, 0) is 45.0 Å². The van der Waals surface area contributed by atoms with Crippen molar-refractivity contribution in [1.29, 1.82) is 0 Å². The lowest BCUT2D eigenvalue weighted by Gasteiger charge is -2.21. The van der Waals surface area contributed by atoms with Crippen LogP contribution in [0.3, 0.4) is 0 Å². The second-order valence-electron chi connectivity index (χ2n) is 4.37. The van der Waals surface area contributed by atoms with E-state index in [-0.39, 0.29) is 17.9 Å². The Kier molecular flexibility index (Phi) is 3.48. The van der Waals surface area contributed by atoms with Crippen molar-refractivity contribution in [2.24, 2.45) is 5.73 Å². The van der Waals surface area contributed by atoms with Crippen molar-refractivity contribution in [1.82, 2.24) is 0 Å². The van der Waals surface area contributed by atoms with Crippen molar-refractivity contribution in [3.63, 3.8) is 0 Å². The number of hydrogen-bond acceptors (Lipinski definition) is 3. The number of ketones is 1. The first-order chi connectivity index (χ1) is 6.92.